The SMILES string of the molecule is COc1ccccc1CN1C(=O)c2ccccc2C[C@]1(C)C(=O)NC1CCCCCCC1. The fourth-order valence-electron chi connectivity index (χ4n) is 5.11. The van der Waals surface area contributed by atoms with Gasteiger partial charge in [-0.1, -0.05) is 68.5 Å². The van der Waals surface area contributed by atoms with Crippen LogP contribution in [0.2, 0.25) is 0 Å². The van der Waals surface area contributed by atoms with Crippen molar-refractivity contribution in [3.63, 3.8) is 0 Å². The molecule has 0 aromatic heterocycles. The maximum Gasteiger partial charge on any atom is 0.255 e. The third kappa shape index (κ3) is 4.52. The maximum absolute atomic E-state index is 13.8. The first-order valence-corrected chi connectivity index (χ1v) is 11.9. The van der Waals surface area contributed by atoms with Gasteiger partial charge in [0, 0.05) is 23.6 Å². The number of hydrogen-bond acceptors (Lipinski definition) is 3. The van der Waals surface area contributed by atoms with Gasteiger partial charge < -0.3 is 15.0 Å². The fourth-order valence-corrected chi connectivity index (χ4v) is 5.11. The van der Waals surface area contributed by atoms with Crippen LogP contribution in [0.3, 0.4) is 0 Å². The van der Waals surface area contributed by atoms with Crippen LogP contribution in [0.4, 0.5) is 0 Å². The van der Waals surface area contributed by atoms with Crippen LogP contribution in [0.25, 0.3) is 0 Å². The Labute approximate surface area is 191 Å². The summed E-state index contributed by atoms with van der Waals surface area (Å²) in [6, 6.07) is 15.5. The maximum atomic E-state index is 13.8. The molecule has 2 amide bonds. The summed E-state index contributed by atoms with van der Waals surface area (Å²) >= 11 is 0. The summed E-state index contributed by atoms with van der Waals surface area (Å²) in [5, 5.41) is 3.33. The molecule has 1 aliphatic heterocycles. The van der Waals surface area contributed by atoms with Crippen molar-refractivity contribution in [3.8, 4) is 5.75 Å². The van der Waals surface area contributed by atoms with E-state index in [1.165, 1.54) is 19.3 Å². The van der Waals surface area contributed by atoms with E-state index in [0.717, 1.165) is 42.6 Å². The van der Waals surface area contributed by atoms with Gasteiger partial charge >= 0.3 is 0 Å². The minimum absolute atomic E-state index is 0.0548. The molecule has 1 N–H and O–H groups in total. The van der Waals surface area contributed by atoms with E-state index in [-0.39, 0.29) is 17.9 Å². The molecule has 32 heavy (non-hydrogen) atoms. The first-order valence-electron chi connectivity index (χ1n) is 11.9. The van der Waals surface area contributed by atoms with Crippen molar-refractivity contribution in [2.75, 3.05) is 7.11 Å². The van der Waals surface area contributed by atoms with Crippen molar-refractivity contribution >= 4 is 11.8 Å². The lowest BCUT2D eigenvalue weighted by Crippen LogP contribution is -2.63. The summed E-state index contributed by atoms with van der Waals surface area (Å²) in [6.45, 7) is 2.24. The van der Waals surface area contributed by atoms with Crippen molar-refractivity contribution in [2.24, 2.45) is 0 Å². The quantitative estimate of drug-likeness (QED) is 0.730. The number of carbonyl (C=O) groups excluding carboxylic acids is 2. The largest absolute Gasteiger partial charge is 0.496 e. The molecule has 2 aromatic rings. The summed E-state index contributed by atoms with van der Waals surface area (Å²) in [5.41, 5.74) is 1.55. The number of fused-ring (bicyclic) bond motifs is 1. The second kappa shape index (κ2) is 9.76. The molecular weight excluding hydrogens is 400 g/mol. The van der Waals surface area contributed by atoms with Crippen molar-refractivity contribution < 1.29 is 14.3 Å². The Kier molecular flexibility index (Phi) is 6.83. The van der Waals surface area contributed by atoms with Crippen molar-refractivity contribution in [2.45, 2.75) is 76.4 Å². The Morgan fingerprint density at radius 3 is 2.44 bits per heavy atom. The molecule has 4 rings (SSSR count). The molecule has 5 nitrogen and oxygen atoms in total. The van der Waals surface area contributed by atoms with Crippen LogP contribution in [0.15, 0.2) is 48.5 Å². The first kappa shape index (κ1) is 22.4. The molecule has 0 unspecified atom stereocenters. The lowest BCUT2D eigenvalue weighted by Gasteiger charge is -2.45. The monoisotopic (exact) mass is 434 g/mol. The number of rotatable bonds is 5. The van der Waals surface area contributed by atoms with Crippen molar-refractivity contribution in [1.82, 2.24) is 10.2 Å². The summed E-state index contributed by atoms with van der Waals surface area (Å²) < 4.78 is 5.53. The van der Waals surface area contributed by atoms with Gasteiger partial charge in [0.05, 0.1) is 13.7 Å². The van der Waals surface area contributed by atoms with Crippen LogP contribution in [0.5, 0.6) is 5.75 Å². The molecule has 1 aliphatic carbocycles. The minimum Gasteiger partial charge on any atom is -0.496 e. The average molecular weight is 435 g/mol. The Bertz CT molecular complexity index is 965. The van der Waals surface area contributed by atoms with E-state index in [1.807, 2.05) is 55.5 Å². The predicted octanol–water partition coefficient (Wildman–Crippen LogP) is 4.88. The third-order valence-electron chi connectivity index (χ3n) is 7.07. The number of nitrogens with zero attached hydrogens (tertiary/aromatic N) is 1. The Morgan fingerprint density at radius 1 is 1.03 bits per heavy atom. The summed E-state index contributed by atoms with van der Waals surface area (Å²) in [5.74, 6) is 0.566. The van der Waals surface area contributed by atoms with Crippen molar-refractivity contribution in [3.05, 3.63) is 65.2 Å². The Balaban J connectivity index is 1.65. The van der Waals surface area contributed by atoms with Gasteiger partial charge in [0.15, 0.2) is 0 Å². The second-order valence-corrected chi connectivity index (χ2v) is 9.33. The highest BCUT2D eigenvalue weighted by Gasteiger charge is 2.47. The van der Waals surface area contributed by atoms with Gasteiger partial charge in [-0.3, -0.25) is 9.59 Å². The zero-order valence-electron chi connectivity index (χ0n) is 19.2. The molecule has 1 atom stereocenters. The van der Waals surface area contributed by atoms with E-state index in [2.05, 4.69) is 5.32 Å². The minimum atomic E-state index is -0.964. The van der Waals surface area contributed by atoms with Crippen LogP contribution in [-0.4, -0.2) is 35.4 Å². The van der Waals surface area contributed by atoms with Crippen LogP contribution < -0.4 is 10.1 Å². The van der Waals surface area contributed by atoms with Crippen LogP contribution >= 0.6 is 0 Å². The van der Waals surface area contributed by atoms with Gasteiger partial charge in [-0.25, -0.2) is 0 Å². The van der Waals surface area contributed by atoms with Gasteiger partial charge in [0.2, 0.25) is 5.91 Å². The average Bonchev–Trinajstić information content (AvgIpc) is 2.78. The highest BCUT2D eigenvalue weighted by molar-refractivity contribution is 6.02. The van der Waals surface area contributed by atoms with Gasteiger partial charge in [0.25, 0.3) is 5.91 Å². The molecular formula is C27H34N2O3. The van der Waals surface area contributed by atoms with Gasteiger partial charge in [-0.2, -0.15) is 0 Å². The lowest BCUT2D eigenvalue weighted by atomic mass is 9.82. The topological polar surface area (TPSA) is 58.6 Å². The number of para-hydroxylation sites is 1. The third-order valence-corrected chi connectivity index (χ3v) is 7.07. The standard InChI is InChI=1S/C27H34N2O3/c1-27(26(31)28-22-14-6-4-3-5-7-15-22)18-20-12-8-10-16-23(20)25(30)29(27)19-21-13-9-11-17-24(21)32-2/h8-13,16-17,22H,3-7,14-15,18-19H2,1-2H3,(H,28,31)/t27-/m1/s1. The van der Waals surface area contributed by atoms with Crippen LogP contribution in [0.1, 0.15) is 73.4 Å². The number of nitrogens with one attached hydrogen (secondary N) is 1. The van der Waals surface area contributed by atoms with Crippen molar-refractivity contribution in [1.29, 1.82) is 0 Å². The highest BCUT2D eigenvalue weighted by atomic mass is 16.5. The van der Waals surface area contributed by atoms with E-state index >= 15 is 0 Å². The van der Waals surface area contributed by atoms with Gasteiger partial charge in [-0.15, -0.1) is 0 Å². The van der Waals surface area contributed by atoms with E-state index in [0.29, 0.717) is 18.5 Å². The Morgan fingerprint density at radius 2 is 1.69 bits per heavy atom. The molecule has 0 bridgehead atoms. The number of amides is 2. The molecule has 1 fully saturated rings. The molecule has 5 heteroatoms. The van der Waals surface area contributed by atoms with Gasteiger partial charge in [0.1, 0.15) is 11.3 Å². The number of hydrogen-bond donors (Lipinski definition) is 1. The Hall–Kier alpha value is -2.82. The number of carbonyl (C=O) groups is 2. The molecule has 170 valence electrons. The molecule has 0 radical (unpaired) electrons. The first-order chi connectivity index (χ1) is 15.5. The normalized spacial score (nSPS) is 21.9. The lowest BCUT2D eigenvalue weighted by molar-refractivity contribution is -0.132. The number of methoxy groups -OCH3 is 1. The summed E-state index contributed by atoms with van der Waals surface area (Å²) in [7, 11) is 1.63. The zero-order valence-corrected chi connectivity index (χ0v) is 19.2. The molecule has 1 saturated carbocycles. The van der Waals surface area contributed by atoms with Crippen LogP contribution in [0, 0.1) is 0 Å². The molecule has 0 spiro atoms. The molecule has 0 saturated heterocycles. The summed E-state index contributed by atoms with van der Waals surface area (Å²) in [6.07, 6.45) is 8.57. The molecule has 2 aromatic carbocycles. The molecule has 1 heterocycles. The number of ether oxygens (including phenoxy) is 1. The number of benzene rings is 2. The van der Waals surface area contributed by atoms with E-state index in [9.17, 15) is 9.59 Å². The second-order valence-electron chi connectivity index (χ2n) is 9.33. The van der Waals surface area contributed by atoms with E-state index in [1.54, 1.807) is 12.0 Å². The van der Waals surface area contributed by atoms with E-state index in [4.69, 9.17) is 4.74 Å². The zero-order chi connectivity index (χ0) is 22.6. The predicted molar refractivity (Wildman–Crippen MR) is 126 cm³/mol. The smallest absolute Gasteiger partial charge is 0.255 e. The molecule has 2 aliphatic rings. The van der Waals surface area contributed by atoms with Gasteiger partial charge in [-0.05, 0) is 37.5 Å². The fraction of sp³-hybridized carbons (Fsp3) is 0.481. The van der Waals surface area contributed by atoms with Crippen LogP contribution in [-0.2, 0) is 17.8 Å². The summed E-state index contributed by atoms with van der Waals surface area (Å²) in [4.78, 5) is 29.1. The van der Waals surface area contributed by atoms with E-state index < -0.39 is 5.54 Å². The highest BCUT2D eigenvalue weighted by Crippen LogP contribution is 2.34.